The molecule has 1 fully saturated rings. The summed E-state index contributed by atoms with van der Waals surface area (Å²) < 4.78 is 0. The van der Waals surface area contributed by atoms with E-state index in [0.29, 0.717) is 0 Å². The molecule has 1 nitrogen and oxygen atoms in total. The van der Waals surface area contributed by atoms with Crippen LogP contribution in [-0.2, 0) is 0 Å². The molecule has 1 aliphatic rings. The summed E-state index contributed by atoms with van der Waals surface area (Å²) in [5, 5.41) is 7.49. The summed E-state index contributed by atoms with van der Waals surface area (Å²) in [7, 11) is 0. The van der Waals surface area contributed by atoms with E-state index in [1.807, 2.05) is 0 Å². The van der Waals surface area contributed by atoms with Gasteiger partial charge in [-0.2, -0.15) is 0 Å². The molecule has 0 aromatic heterocycles. The molecule has 0 amide bonds. The van der Waals surface area contributed by atoms with Crippen LogP contribution in [0.3, 0.4) is 0 Å². The zero-order valence-corrected chi connectivity index (χ0v) is 14.5. The minimum absolute atomic E-state index is 0.00808. The van der Waals surface area contributed by atoms with Gasteiger partial charge in [0.25, 0.3) is 0 Å². The molecular weight excluding hydrogens is 254 g/mol. The molecule has 0 bridgehead atoms. The van der Waals surface area contributed by atoms with Gasteiger partial charge < -0.3 is 5.41 Å². The van der Waals surface area contributed by atoms with Crippen molar-refractivity contribution in [1.29, 1.82) is 5.41 Å². The van der Waals surface area contributed by atoms with E-state index in [1.54, 1.807) is 0 Å². The highest BCUT2D eigenvalue weighted by Gasteiger charge is 2.38. The Hall–Kier alpha value is -1.37. The average molecular weight is 285 g/mol. The summed E-state index contributed by atoms with van der Waals surface area (Å²) in [5.74, 6) is 0. The van der Waals surface area contributed by atoms with Crippen LogP contribution in [0.5, 0.6) is 0 Å². The Balaban J connectivity index is 3.26. The largest absolute Gasteiger partial charge is 0.308 e. The van der Waals surface area contributed by atoms with Crippen molar-refractivity contribution in [2.24, 2.45) is 10.8 Å². The zero-order valence-electron chi connectivity index (χ0n) is 14.5. The molecule has 0 heterocycles. The minimum Gasteiger partial charge on any atom is -0.308 e. The summed E-state index contributed by atoms with van der Waals surface area (Å²) in [5.41, 5.74) is 4.69. The third kappa shape index (κ3) is 3.64. The van der Waals surface area contributed by atoms with Crippen LogP contribution in [0, 0.1) is 16.2 Å². The molecule has 1 heteroatoms. The summed E-state index contributed by atoms with van der Waals surface area (Å²) in [4.78, 5) is 0. The van der Waals surface area contributed by atoms with E-state index in [9.17, 15) is 0 Å². The first-order chi connectivity index (χ1) is 9.69. The van der Waals surface area contributed by atoms with Crippen molar-refractivity contribution in [3.05, 3.63) is 47.6 Å². The maximum Gasteiger partial charge on any atom is 0.0247 e. The van der Waals surface area contributed by atoms with E-state index in [4.69, 9.17) is 5.41 Å². The van der Waals surface area contributed by atoms with Crippen LogP contribution in [0.1, 0.15) is 60.3 Å². The standard InChI is InChI=1S/C20H31N/c1-8-18(19(5,6)7)13-16(3)20(11-9-10-12-20)17(4)15(2)14-21/h8,13-14,21H,2,4,9-12H2,1,3,5-7H3/b16-13+,18-8+,21-14?. The first-order valence-electron chi connectivity index (χ1n) is 7.93. The number of rotatable bonds is 5. The lowest BCUT2D eigenvalue weighted by Gasteiger charge is -2.34. The lowest BCUT2D eigenvalue weighted by molar-refractivity contribution is 0.450. The molecule has 0 aliphatic heterocycles. The Morgan fingerprint density at radius 3 is 2.05 bits per heavy atom. The molecule has 0 atom stereocenters. The Morgan fingerprint density at radius 2 is 1.67 bits per heavy atom. The fraction of sp³-hybridized carbons (Fsp3) is 0.550. The third-order valence-electron chi connectivity index (χ3n) is 4.90. The topological polar surface area (TPSA) is 23.9 Å². The average Bonchev–Trinajstić information content (AvgIpc) is 2.92. The number of nitrogens with one attached hydrogen (secondary N) is 1. The Labute approximate surface area is 131 Å². The number of hydrogen-bond donors (Lipinski definition) is 1. The Bertz CT molecular complexity index is 488. The fourth-order valence-electron chi connectivity index (χ4n) is 3.41. The fourth-order valence-corrected chi connectivity index (χ4v) is 3.41. The van der Waals surface area contributed by atoms with Crippen LogP contribution >= 0.6 is 0 Å². The zero-order chi connectivity index (χ0) is 16.3. The predicted molar refractivity (Wildman–Crippen MR) is 94.9 cm³/mol. The summed E-state index contributed by atoms with van der Waals surface area (Å²) >= 11 is 0. The number of hydrogen-bond acceptors (Lipinski definition) is 1. The van der Waals surface area contributed by atoms with E-state index >= 15 is 0 Å². The molecule has 0 unspecified atom stereocenters. The van der Waals surface area contributed by atoms with Crippen molar-refractivity contribution in [2.75, 3.05) is 0 Å². The van der Waals surface area contributed by atoms with Crippen molar-refractivity contribution in [2.45, 2.75) is 60.3 Å². The van der Waals surface area contributed by atoms with Crippen LogP contribution in [-0.4, -0.2) is 6.21 Å². The third-order valence-corrected chi connectivity index (χ3v) is 4.90. The number of allylic oxidation sites excluding steroid dienone is 6. The lowest BCUT2D eigenvalue weighted by Crippen LogP contribution is -2.23. The molecule has 0 aromatic rings. The predicted octanol–water partition coefficient (Wildman–Crippen LogP) is 6.25. The van der Waals surface area contributed by atoms with Crippen LogP contribution in [0.2, 0.25) is 0 Å². The van der Waals surface area contributed by atoms with Gasteiger partial charge in [-0.3, -0.25) is 0 Å². The van der Waals surface area contributed by atoms with Gasteiger partial charge in [0.2, 0.25) is 0 Å². The molecule has 0 radical (unpaired) electrons. The van der Waals surface area contributed by atoms with Crippen LogP contribution in [0.15, 0.2) is 47.6 Å². The van der Waals surface area contributed by atoms with E-state index < -0.39 is 0 Å². The molecule has 1 N–H and O–H groups in total. The summed E-state index contributed by atoms with van der Waals surface area (Å²) in [6.07, 6.45) is 10.6. The molecule has 0 saturated heterocycles. The van der Waals surface area contributed by atoms with Gasteiger partial charge in [-0.25, -0.2) is 0 Å². The monoisotopic (exact) mass is 285 g/mol. The molecule has 1 saturated carbocycles. The first-order valence-corrected chi connectivity index (χ1v) is 7.93. The molecular formula is C20H31N. The Morgan fingerprint density at radius 1 is 1.14 bits per heavy atom. The highest BCUT2D eigenvalue weighted by atomic mass is 14.4. The molecule has 116 valence electrons. The molecule has 21 heavy (non-hydrogen) atoms. The van der Waals surface area contributed by atoms with Gasteiger partial charge in [-0.05, 0) is 48.8 Å². The first kappa shape index (κ1) is 17.7. The SMILES string of the molecule is C=C(C=N)C(=C)C1(/C(C)=C/C(=C\C)C(C)(C)C)CCCC1. The highest BCUT2D eigenvalue weighted by molar-refractivity contribution is 5.82. The second-order valence-corrected chi connectivity index (χ2v) is 7.26. The molecule has 0 aromatic carbocycles. The van der Waals surface area contributed by atoms with Gasteiger partial charge >= 0.3 is 0 Å². The maximum absolute atomic E-state index is 7.49. The van der Waals surface area contributed by atoms with Gasteiger partial charge in [0, 0.05) is 11.6 Å². The van der Waals surface area contributed by atoms with Gasteiger partial charge in [0.1, 0.15) is 0 Å². The van der Waals surface area contributed by atoms with E-state index in [0.717, 1.165) is 24.0 Å². The quantitative estimate of drug-likeness (QED) is 0.456. The van der Waals surface area contributed by atoms with Crippen molar-refractivity contribution >= 4 is 6.21 Å². The van der Waals surface area contributed by atoms with Crippen LogP contribution < -0.4 is 0 Å². The van der Waals surface area contributed by atoms with Gasteiger partial charge in [0.15, 0.2) is 0 Å². The molecule has 1 rings (SSSR count). The summed E-state index contributed by atoms with van der Waals surface area (Å²) in [6.45, 7) is 19.4. The highest BCUT2D eigenvalue weighted by Crippen LogP contribution is 2.51. The van der Waals surface area contributed by atoms with Crippen LogP contribution in [0.4, 0.5) is 0 Å². The van der Waals surface area contributed by atoms with Crippen molar-refractivity contribution in [3.63, 3.8) is 0 Å². The smallest absolute Gasteiger partial charge is 0.0247 e. The second-order valence-electron chi connectivity index (χ2n) is 7.26. The molecule has 0 spiro atoms. The van der Waals surface area contributed by atoms with E-state index in [1.165, 1.54) is 30.2 Å². The minimum atomic E-state index is 0.00808. The van der Waals surface area contributed by atoms with Crippen molar-refractivity contribution in [1.82, 2.24) is 0 Å². The van der Waals surface area contributed by atoms with E-state index in [2.05, 4.69) is 59.9 Å². The van der Waals surface area contributed by atoms with Crippen molar-refractivity contribution < 1.29 is 0 Å². The normalized spacial score (nSPS) is 19.5. The molecule has 1 aliphatic carbocycles. The van der Waals surface area contributed by atoms with E-state index in [-0.39, 0.29) is 10.8 Å². The lowest BCUT2D eigenvalue weighted by atomic mass is 9.70. The maximum atomic E-state index is 7.49. The van der Waals surface area contributed by atoms with Gasteiger partial charge in [-0.1, -0.05) is 64.5 Å². The van der Waals surface area contributed by atoms with Gasteiger partial charge in [0.05, 0.1) is 0 Å². The Kier molecular flexibility index (Phi) is 5.55. The van der Waals surface area contributed by atoms with Gasteiger partial charge in [-0.15, -0.1) is 0 Å². The summed E-state index contributed by atoms with van der Waals surface area (Å²) in [6, 6.07) is 0. The second kappa shape index (κ2) is 6.60. The van der Waals surface area contributed by atoms with Crippen molar-refractivity contribution in [3.8, 4) is 0 Å². The van der Waals surface area contributed by atoms with Crippen LogP contribution in [0.25, 0.3) is 0 Å².